The number of benzene rings is 3. The van der Waals surface area contributed by atoms with Gasteiger partial charge in [-0.05, 0) is 55.3 Å². The van der Waals surface area contributed by atoms with Crippen LogP contribution in [-0.4, -0.2) is 37.6 Å². The molecular formula is C29H29NO6. The lowest BCUT2D eigenvalue weighted by Gasteiger charge is -2.27. The molecule has 0 aliphatic carbocycles. The normalized spacial score (nSPS) is 16.8. The van der Waals surface area contributed by atoms with Gasteiger partial charge in [0.1, 0.15) is 23.0 Å². The summed E-state index contributed by atoms with van der Waals surface area (Å²) in [5, 5.41) is 11.5. The molecule has 0 spiro atoms. The Hall–Kier alpha value is -4.26. The number of aliphatic hydroxyl groups excluding tert-OH is 1. The second-order valence-corrected chi connectivity index (χ2v) is 8.44. The van der Waals surface area contributed by atoms with Crippen molar-refractivity contribution in [1.29, 1.82) is 0 Å². The second kappa shape index (κ2) is 10.6. The van der Waals surface area contributed by atoms with E-state index in [1.165, 1.54) is 12.0 Å². The van der Waals surface area contributed by atoms with Crippen molar-refractivity contribution in [3.05, 3.63) is 89.0 Å². The molecule has 1 aliphatic heterocycles. The molecule has 7 heteroatoms. The molecule has 3 aromatic rings. The summed E-state index contributed by atoms with van der Waals surface area (Å²) in [7, 11) is 3.08. The number of para-hydroxylation sites is 1. The highest BCUT2D eigenvalue weighted by Gasteiger charge is 2.48. The molecule has 0 bridgehead atoms. The molecule has 1 aliphatic rings. The number of rotatable bonds is 8. The van der Waals surface area contributed by atoms with Crippen LogP contribution >= 0.6 is 0 Å². The summed E-state index contributed by atoms with van der Waals surface area (Å²) in [4.78, 5) is 28.3. The topological polar surface area (TPSA) is 85.3 Å². The number of methoxy groups -OCH3 is 2. The number of aliphatic hydroxyl groups is 1. The van der Waals surface area contributed by atoms with Crippen LogP contribution < -0.4 is 19.1 Å². The first-order chi connectivity index (χ1) is 17.4. The Morgan fingerprint density at radius 1 is 0.944 bits per heavy atom. The van der Waals surface area contributed by atoms with Gasteiger partial charge in [0.15, 0.2) is 0 Å². The third-order valence-corrected chi connectivity index (χ3v) is 6.14. The molecule has 1 unspecified atom stereocenters. The number of Topliss-reactive ketones (excluding diaryl/α,β-unsaturated/α-hetero) is 1. The third-order valence-electron chi connectivity index (χ3n) is 6.14. The summed E-state index contributed by atoms with van der Waals surface area (Å²) >= 11 is 0. The fraction of sp³-hybridized carbons (Fsp3) is 0.241. The van der Waals surface area contributed by atoms with Crippen LogP contribution in [0.5, 0.6) is 17.2 Å². The van der Waals surface area contributed by atoms with Gasteiger partial charge >= 0.3 is 0 Å². The van der Waals surface area contributed by atoms with Crippen molar-refractivity contribution in [1.82, 2.24) is 0 Å². The van der Waals surface area contributed by atoms with Crippen LogP contribution in [0.2, 0.25) is 0 Å². The van der Waals surface area contributed by atoms with Crippen molar-refractivity contribution in [2.75, 3.05) is 25.7 Å². The number of carbonyl (C=O) groups excluding carboxylic acids is 2. The maximum absolute atomic E-state index is 13.5. The van der Waals surface area contributed by atoms with Gasteiger partial charge in [0, 0.05) is 22.9 Å². The van der Waals surface area contributed by atoms with E-state index in [1.54, 1.807) is 80.8 Å². The van der Waals surface area contributed by atoms with Gasteiger partial charge in [0.25, 0.3) is 11.7 Å². The van der Waals surface area contributed by atoms with E-state index >= 15 is 0 Å². The van der Waals surface area contributed by atoms with Crippen molar-refractivity contribution in [3.63, 3.8) is 0 Å². The number of carbonyl (C=O) groups is 2. The van der Waals surface area contributed by atoms with Crippen LogP contribution in [0.1, 0.15) is 36.1 Å². The fourth-order valence-corrected chi connectivity index (χ4v) is 4.40. The molecule has 3 aromatic carbocycles. The van der Waals surface area contributed by atoms with Gasteiger partial charge in [0.2, 0.25) is 0 Å². The summed E-state index contributed by atoms with van der Waals surface area (Å²) in [6.45, 7) is 4.33. The Kier molecular flexibility index (Phi) is 7.29. The zero-order valence-electron chi connectivity index (χ0n) is 20.8. The van der Waals surface area contributed by atoms with Gasteiger partial charge in [-0.2, -0.15) is 0 Å². The van der Waals surface area contributed by atoms with Gasteiger partial charge < -0.3 is 19.3 Å². The highest BCUT2D eigenvalue weighted by molar-refractivity contribution is 6.51. The minimum atomic E-state index is -0.913. The van der Waals surface area contributed by atoms with Crippen LogP contribution in [0.3, 0.4) is 0 Å². The lowest BCUT2D eigenvalue weighted by Crippen LogP contribution is -2.29. The minimum Gasteiger partial charge on any atom is -0.507 e. The Morgan fingerprint density at radius 3 is 2.42 bits per heavy atom. The van der Waals surface area contributed by atoms with Gasteiger partial charge in [-0.3, -0.25) is 14.5 Å². The van der Waals surface area contributed by atoms with E-state index < -0.39 is 17.7 Å². The molecule has 1 N–H and O–H groups in total. The minimum absolute atomic E-state index is 0.0161. The quantitative estimate of drug-likeness (QED) is 0.259. The maximum atomic E-state index is 13.5. The molecule has 1 fully saturated rings. The monoisotopic (exact) mass is 487 g/mol. The highest BCUT2D eigenvalue weighted by atomic mass is 16.5. The molecular weight excluding hydrogens is 458 g/mol. The maximum Gasteiger partial charge on any atom is 0.300 e. The van der Waals surface area contributed by atoms with E-state index in [2.05, 4.69) is 0 Å². The molecule has 0 aromatic heterocycles. The molecule has 4 rings (SSSR count). The third kappa shape index (κ3) is 4.52. The van der Waals surface area contributed by atoms with Crippen LogP contribution in [0.25, 0.3) is 5.76 Å². The van der Waals surface area contributed by atoms with Crippen molar-refractivity contribution in [2.45, 2.75) is 26.3 Å². The average Bonchev–Trinajstić information content (AvgIpc) is 3.17. The summed E-state index contributed by atoms with van der Waals surface area (Å²) in [5.74, 6) is -0.0871. The first-order valence-corrected chi connectivity index (χ1v) is 11.7. The first kappa shape index (κ1) is 24.9. The van der Waals surface area contributed by atoms with Gasteiger partial charge in [-0.25, -0.2) is 0 Å². The molecule has 1 heterocycles. The number of ketones is 1. The predicted octanol–water partition coefficient (Wildman–Crippen LogP) is 5.43. The zero-order valence-corrected chi connectivity index (χ0v) is 20.8. The average molecular weight is 488 g/mol. The SMILES string of the molecule is CCCOc1cccc(N2C(=O)C(=O)/C(=C(/O)c3ccc(OC)cc3C)C2c2ccccc2OC)c1. The molecule has 36 heavy (non-hydrogen) atoms. The Balaban J connectivity index is 1.94. The van der Waals surface area contributed by atoms with E-state index in [4.69, 9.17) is 14.2 Å². The lowest BCUT2D eigenvalue weighted by molar-refractivity contribution is -0.132. The molecule has 0 saturated carbocycles. The van der Waals surface area contributed by atoms with Crippen LogP contribution in [-0.2, 0) is 9.59 Å². The number of hydrogen-bond acceptors (Lipinski definition) is 6. The van der Waals surface area contributed by atoms with Crippen LogP contribution in [0.15, 0.2) is 72.3 Å². The van der Waals surface area contributed by atoms with Crippen molar-refractivity contribution in [2.24, 2.45) is 0 Å². The molecule has 1 atom stereocenters. The summed E-state index contributed by atoms with van der Waals surface area (Å²) in [6.07, 6.45) is 0.831. The number of ether oxygens (including phenoxy) is 3. The van der Waals surface area contributed by atoms with Crippen molar-refractivity contribution >= 4 is 23.1 Å². The van der Waals surface area contributed by atoms with E-state index in [9.17, 15) is 14.7 Å². The predicted molar refractivity (Wildman–Crippen MR) is 138 cm³/mol. The van der Waals surface area contributed by atoms with E-state index in [1.807, 2.05) is 6.92 Å². The van der Waals surface area contributed by atoms with Crippen LogP contribution in [0.4, 0.5) is 5.69 Å². The Labute approximate surface area is 210 Å². The second-order valence-electron chi connectivity index (χ2n) is 8.44. The summed E-state index contributed by atoms with van der Waals surface area (Å²) in [5.41, 5.74) is 2.18. The molecule has 186 valence electrons. The Morgan fingerprint density at radius 2 is 1.72 bits per heavy atom. The lowest BCUT2D eigenvalue weighted by atomic mass is 9.93. The molecule has 1 amide bonds. The number of aryl methyl sites for hydroxylation is 1. The molecule has 7 nitrogen and oxygen atoms in total. The standard InChI is InChI=1S/C29H29NO6/c1-5-15-36-21-10-8-9-19(17-21)30-26(23-11-6-7-12-24(23)35-4)25(28(32)29(30)33)27(31)22-14-13-20(34-3)16-18(22)2/h6-14,16-17,26,31H,5,15H2,1-4H3/b27-25+. The zero-order chi connectivity index (χ0) is 25.8. The van der Waals surface area contributed by atoms with Gasteiger partial charge in [0.05, 0.1) is 32.4 Å². The largest absolute Gasteiger partial charge is 0.507 e. The molecule has 0 radical (unpaired) electrons. The number of anilines is 1. The van der Waals surface area contributed by atoms with Crippen molar-refractivity contribution in [3.8, 4) is 17.2 Å². The first-order valence-electron chi connectivity index (χ1n) is 11.7. The summed E-state index contributed by atoms with van der Waals surface area (Å²) < 4.78 is 16.6. The van der Waals surface area contributed by atoms with E-state index in [0.717, 1.165) is 6.42 Å². The number of hydrogen-bond donors (Lipinski definition) is 1. The van der Waals surface area contributed by atoms with Gasteiger partial charge in [-0.15, -0.1) is 0 Å². The van der Waals surface area contributed by atoms with Gasteiger partial charge in [-0.1, -0.05) is 31.2 Å². The Bertz CT molecular complexity index is 1330. The highest BCUT2D eigenvalue weighted by Crippen LogP contribution is 2.45. The fourth-order valence-electron chi connectivity index (χ4n) is 4.40. The number of nitrogens with zero attached hydrogens (tertiary/aromatic N) is 1. The van der Waals surface area contributed by atoms with Crippen molar-refractivity contribution < 1.29 is 28.9 Å². The van der Waals surface area contributed by atoms with E-state index in [-0.39, 0.29) is 11.3 Å². The van der Waals surface area contributed by atoms with E-state index in [0.29, 0.717) is 46.2 Å². The van der Waals surface area contributed by atoms with Crippen LogP contribution in [0, 0.1) is 6.92 Å². The molecule has 1 saturated heterocycles. The smallest absolute Gasteiger partial charge is 0.300 e. The number of amides is 1. The summed E-state index contributed by atoms with van der Waals surface area (Å²) in [6, 6.07) is 18.4.